The molecule has 0 spiro atoms. The first-order valence-corrected chi connectivity index (χ1v) is 9.22. The van der Waals surface area contributed by atoms with Crippen LogP contribution in [0, 0.1) is 0 Å². The molecule has 0 radical (unpaired) electrons. The van der Waals surface area contributed by atoms with Crippen LogP contribution in [0.5, 0.6) is 0 Å². The van der Waals surface area contributed by atoms with Gasteiger partial charge in [-0.1, -0.05) is 0 Å². The van der Waals surface area contributed by atoms with E-state index in [9.17, 15) is 4.79 Å². The van der Waals surface area contributed by atoms with Crippen molar-refractivity contribution in [3.63, 3.8) is 0 Å². The average molecular weight is 372 g/mol. The summed E-state index contributed by atoms with van der Waals surface area (Å²) in [6.45, 7) is 4.45. The van der Waals surface area contributed by atoms with Crippen molar-refractivity contribution in [1.29, 1.82) is 0 Å². The number of ether oxygens (including phenoxy) is 2. The monoisotopic (exact) mass is 372 g/mol. The fraction of sp³-hybridized carbons (Fsp3) is 0.556. The van der Waals surface area contributed by atoms with Crippen LogP contribution < -0.4 is 4.90 Å². The predicted octanol–water partition coefficient (Wildman–Crippen LogP) is 0.189. The maximum absolute atomic E-state index is 12.9. The van der Waals surface area contributed by atoms with Crippen molar-refractivity contribution in [2.75, 3.05) is 51.0 Å². The summed E-state index contributed by atoms with van der Waals surface area (Å²) < 4.78 is 12.7. The number of amides is 1. The first kappa shape index (κ1) is 17.9. The predicted molar refractivity (Wildman–Crippen MR) is 97.2 cm³/mol. The summed E-state index contributed by atoms with van der Waals surface area (Å²) in [5.41, 5.74) is 0.760. The van der Waals surface area contributed by atoms with E-state index in [1.165, 1.54) is 0 Å². The first-order valence-electron chi connectivity index (χ1n) is 9.22. The van der Waals surface area contributed by atoms with Crippen LogP contribution in [-0.4, -0.2) is 76.6 Å². The highest BCUT2D eigenvalue weighted by Crippen LogP contribution is 2.24. The van der Waals surface area contributed by atoms with Crippen molar-refractivity contribution in [3.8, 4) is 0 Å². The van der Waals surface area contributed by atoms with Gasteiger partial charge in [-0.25, -0.2) is 9.97 Å². The molecule has 2 aromatic rings. The van der Waals surface area contributed by atoms with Crippen LogP contribution in [0.2, 0.25) is 0 Å². The minimum atomic E-state index is -0.282. The highest BCUT2D eigenvalue weighted by atomic mass is 16.5. The van der Waals surface area contributed by atoms with Gasteiger partial charge in [0.2, 0.25) is 5.91 Å². The van der Waals surface area contributed by atoms with Gasteiger partial charge in [0.1, 0.15) is 11.9 Å². The number of rotatable bonds is 4. The molecule has 2 aromatic heterocycles. The molecule has 144 valence electrons. The molecule has 2 aliphatic heterocycles. The van der Waals surface area contributed by atoms with Crippen molar-refractivity contribution >= 4 is 11.7 Å². The molecule has 0 unspecified atom stereocenters. The van der Waals surface area contributed by atoms with Crippen molar-refractivity contribution in [2.45, 2.75) is 12.5 Å². The zero-order valence-electron chi connectivity index (χ0n) is 15.5. The molecule has 0 N–H and O–H groups in total. The number of nitrogens with zero attached hydrogens (tertiary/aromatic N) is 6. The molecule has 4 heterocycles. The van der Waals surface area contributed by atoms with E-state index < -0.39 is 0 Å². The number of carbonyl (C=O) groups excluding carboxylic acids is 1. The van der Waals surface area contributed by atoms with Gasteiger partial charge in [0.25, 0.3) is 0 Å². The summed E-state index contributed by atoms with van der Waals surface area (Å²) in [5.74, 6) is 1.50. The Hall–Kier alpha value is -2.52. The molecule has 2 fully saturated rings. The van der Waals surface area contributed by atoms with Crippen molar-refractivity contribution < 1.29 is 14.3 Å². The minimum Gasteiger partial charge on any atom is -0.378 e. The second-order valence-electron chi connectivity index (χ2n) is 6.71. The smallest absolute Gasteiger partial charge is 0.229 e. The first-order chi connectivity index (χ1) is 13.2. The van der Waals surface area contributed by atoms with Crippen molar-refractivity contribution in [3.05, 3.63) is 36.0 Å². The molecule has 1 amide bonds. The summed E-state index contributed by atoms with van der Waals surface area (Å²) in [6, 6.07) is 3.48. The number of anilines is 1. The van der Waals surface area contributed by atoms with E-state index in [4.69, 9.17) is 14.5 Å². The van der Waals surface area contributed by atoms with Crippen LogP contribution >= 0.6 is 0 Å². The minimum absolute atomic E-state index is 0.0161. The third kappa shape index (κ3) is 4.09. The number of hydrogen-bond donors (Lipinski definition) is 0. The molecule has 4 rings (SSSR count). The van der Waals surface area contributed by atoms with Gasteiger partial charge in [-0.3, -0.25) is 9.48 Å². The van der Waals surface area contributed by atoms with Gasteiger partial charge in [-0.05, 0) is 12.1 Å². The fourth-order valence-electron chi connectivity index (χ4n) is 3.42. The van der Waals surface area contributed by atoms with Gasteiger partial charge in [-0.2, -0.15) is 5.10 Å². The van der Waals surface area contributed by atoms with E-state index >= 15 is 0 Å². The molecule has 2 saturated heterocycles. The summed E-state index contributed by atoms with van der Waals surface area (Å²) in [4.78, 5) is 26.0. The summed E-state index contributed by atoms with van der Waals surface area (Å²) in [5, 5.41) is 4.31. The normalized spacial score (nSPS) is 20.7. The quantitative estimate of drug-likeness (QED) is 0.757. The molecule has 0 saturated carbocycles. The van der Waals surface area contributed by atoms with Crippen molar-refractivity contribution in [2.24, 2.45) is 7.05 Å². The molecular formula is C18H24N6O3. The van der Waals surface area contributed by atoms with Crippen LogP contribution in [0.4, 0.5) is 5.82 Å². The molecule has 0 aliphatic carbocycles. The summed E-state index contributed by atoms with van der Waals surface area (Å²) in [7, 11) is 1.84. The van der Waals surface area contributed by atoms with Crippen LogP contribution in [-0.2, 0) is 27.7 Å². The zero-order chi connectivity index (χ0) is 18.6. The van der Waals surface area contributed by atoms with Gasteiger partial charge < -0.3 is 19.3 Å². The molecule has 9 heteroatoms. The molecule has 9 nitrogen and oxygen atoms in total. The summed E-state index contributed by atoms with van der Waals surface area (Å²) >= 11 is 0. The lowest BCUT2D eigenvalue weighted by Gasteiger charge is -2.35. The lowest BCUT2D eigenvalue weighted by molar-refractivity contribution is -0.139. The van der Waals surface area contributed by atoms with E-state index in [-0.39, 0.29) is 18.4 Å². The Balaban J connectivity index is 1.52. The Morgan fingerprint density at radius 3 is 2.78 bits per heavy atom. The van der Waals surface area contributed by atoms with Gasteiger partial charge in [-0.15, -0.1) is 0 Å². The van der Waals surface area contributed by atoms with Crippen LogP contribution in [0.1, 0.15) is 17.6 Å². The lowest BCUT2D eigenvalue weighted by atomic mass is 10.1. The van der Waals surface area contributed by atoms with Crippen LogP contribution in [0.15, 0.2) is 24.5 Å². The molecule has 1 atom stereocenters. The highest BCUT2D eigenvalue weighted by Gasteiger charge is 2.31. The van der Waals surface area contributed by atoms with E-state index in [1.54, 1.807) is 10.9 Å². The molecule has 0 bridgehead atoms. The Bertz CT molecular complexity index is 789. The van der Waals surface area contributed by atoms with E-state index in [2.05, 4.69) is 15.0 Å². The molecule has 27 heavy (non-hydrogen) atoms. The average Bonchev–Trinajstić information content (AvgIpc) is 3.13. The van der Waals surface area contributed by atoms with Gasteiger partial charge in [0, 0.05) is 39.1 Å². The third-order valence-electron chi connectivity index (χ3n) is 4.84. The van der Waals surface area contributed by atoms with Crippen molar-refractivity contribution in [1.82, 2.24) is 24.6 Å². The number of aryl methyl sites for hydroxylation is 1. The van der Waals surface area contributed by atoms with Gasteiger partial charge in [0.15, 0.2) is 5.82 Å². The SMILES string of the molecule is Cn1ccc(CC(=O)N2CCOC[C@H]2c2nccc(N3CCOCC3)n2)n1. The Labute approximate surface area is 157 Å². The Kier molecular flexibility index (Phi) is 5.30. The summed E-state index contributed by atoms with van der Waals surface area (Å²) in [6.07, 6.45) is 3.86. The van der Waals surface area contributed by atoms with E-state index in [0.717, 1.165) is 24.6 Å². The second-order valence-corrected chi connectivity index (χ2v) is 6.71. The maximum atomic E-state index is 12.9. The topological polar surface area (TPSA) is 85.6 Å². The standard InChI is InChI=1S/C18H24N6O3/c1-22-5-3-14(21-22)12-17(25)24-8-11-27-13-15(24)18-19-4-2-16(20-18)23-6-9-26-10-7-23/h2-5,15H,6-13H2,1H3/t15-/m0/s1. The number of morpholine rings is 2. The molecule has 2 aliphatic rings. The van der Waals surface area contributed by atoms with Crippen LogP contribution in [0.25, 0.3) is 0 Å². The maximum Gasteiger partial charge on any atom is 0.229 e. The lowest BCUT2D eigenvalue weighted by Crippen LogP contribution is -2.45. The fourth-order valence-corrected chi connectivity index (χ4v) is 3.42. The van der Waals surface area contributed by atoms with Gasteiger partial charge in [0.05, 0.1) is 38.5 Å². The number of aromatic nitrogens is 4. The van der Waals surface area contributed by atoms with Crippen LogP contribution in [0.3, 0.4) is 0 Å². The van der Waals surface area contributed by atoms with E-state index in [0.29, 0.717) is 38.8 Å². The Morgan fingerprint density at radius 2 is 2.00 bits per heavy atom. The molecule has 0 aromatic carbocycles. The largest absolute Gasteiger partial charge is 0.378 e. The van der Waals surface area contributed by atoms with E-state index in [1.807, 2.05) is 30.3 Å². The third-order valence-corrected chi connectivity index (χ3v) is 4.84. The number of hydrogen-bond acceptors (Lipinski definition) is 7. The zero-order valence-corrected chi connectivity index (χ0v) is 15.5. The highest BCUT2D eigenvalue weighted by molar-refractivity contribution is 5.78. The van der Waals surface area contributed by atoms with Gasteiger partial charge >= 0.3 is 0 Å². The Morgan fingerprint density at radius 1 is 1.19 bits per heavy atom. The second kappa shape index (κ2) is 8.01. The number of carbonyl (C=O) groups is 1. The molecular weight excluding hydrogens is 348 g/mol.